The average molecular weight is 483 g/mol. The maximum atomic E-state index is 5.26. The highest BCUT2D eigenvalue weighted by molar-refractivity contribution is 5.26. The molecule has 0 unspecified atom stereocenters. The van der Waals surface area contributed by atoms with E-state index in [1.165, 1.54) is 116 Å². The molecule has 0 fully saturated rings. The normalized spacial score (nSPS) is 9.17. The van der Waals surface area contributed by atoms with E-state index in [-0.39, 0.29) is 0 Å². The van der Waals surface area contributed by atoms with Crippen molar-refractivity contribution in [2.45, 2.75) is 154 Å². The van der Waals surface area contributed by atoms with Crippen LogP contribution in [0.3, 0.4) is 0 Å². The van der Waals surface area contributed by atoms with E-state index in [2.05, 4.69) is 59.2 Å². The first-order valence-electron chi connectivity index (χ1n) is 14.7. The second-order valence-electron chi connectivity index (χ2n) is 9.48. The van der Waals surface area contributed by atoms with Crippen molar-refractivity contribution in [3.05, 3.63) is 0 Å². The Hall–Kier alpha value is -2.64. The van der Waals surface area contributed by atoms with Crippen molar-refractivity contribution >= 4 is 0 Å². The fraction of sp³-hybridized carbons (Fsp3) is 0.667. The topological polar surface area (TPSA) is 0 Å². The molecule has 194 valence electrons. The van der Waals surface area contributed by atoms with Crippen LogP contribution in [0.15, 0.2) is 0 Å². The van der Waals surface area contributed by atoms with Gasteiger partial charge in [-0.25, -0.2) is 0 Å². The summed E-state index contributed by atoms with van der Waals surface area (Å²) < 4.78 is 0. The Bertz CT molecular complexity index is 740. The Kier molecular flexibility index (Phi) is 30.0. The Morgan fingerprint density at radius 1 is 0.250 bits per heavy atom. The van der Waals surface area contributed by atoms with Crippen molar-refractivity contribution in [2.75, 3.05) is 0 Å². The Balaban J connectivity index is 3.36. The highest BCUT2D eigenvalue weighted by Gasteiger charge is 1.91. The summed E-state index contributed by atoms with van der Waals surface area (Å²) in [7, 11) is 0. The number of hydrogen-bond acceptors (Lipinski definition) is 0. The van der Waals surface area contributed by atoms with Gasteiger partial charge in [-0.05, 0) is 62.2 Å². The third-order valence-corrected chi connectivity index (χ3v) is 6.08. The van der Waals surface area contributed by atoms with Gasteiger partial charge < -0.3 is 0 Å². The van der Waals surface area contributed by atoms with Gasteiger partial charge in [-0.1, -0.05) is 101 Å². The lowest BCUT2D eigenvalue weighted by molar-refractivity contribution is 0.604. The molecule has 0 N–H and O–H groups in total. The molecule has 0 radical (unpaired) electrons. The van der Waals surface area contributed by atoms with E-state index >= 15 is 0 Å². The van der Waals surface area contributed by atoms with Crippen LogP contribution < -0.4 is 0 Å². The maximum absolute atomic E-state index is 5.26. The Morgan fingerprint density at radius 3 is 0.667 bits per heavy atom. The van der Waals surface area contributed by atoms with Gasteiger partial charge in [0.2, 0.25) is 0 Å². The van der Waals surface area contributed by atoms with Crippen molar-refractivity contribution in [2.24, 2.45) is 0 Å². The molecule has 0 spiro atoms. The van der Waals surface area contributed by atoms with E-state index < -0.39 is 0 Å². The van der Waals surface area contributed by atoms with Gasteiger partial charge in [-0.3, -0.25) is 0 Å². The van der Waals surface area contributed by atoms with Crippen LogP contribution in [-0.4, -0.2) is 0 Å². The van der Waals surface area contributed by atoms with E-state index in [1.807, 2.05) is 0 Å². The molecule has 0 rings (SSSR count). The molecule has 0 aromatic carbocycles. The minimum Gasteiger partial charge on any atom is -0.120 e. The van der Waals surface area contributed by atoms with Crippen molar-refractivity contribution in [3.63, 3.8) is 0 Å². The molecule has 0 heterocycles. The summed E-state index contributed by atoms with van der Waals surface area (Å²) in [6.07, 6.45) is 38.8. The average Bonchev–Trinajstić information content (AvgIpc) is 2.89. The molecule has 0 saturated heterocycles. The minimum absolute atomic E-state index is 0.924. The highest BCUT2D eigenvalue weighted by atomic mass is 14.0. The van der Waals surface area contributed by atoms with E-state index in [0.29, 0.717) is 0 Å². The number of terminal acetylenes is 2. The van der Waals surface area contributed by atoms with Gasteiger partial charge in [0.25, 0.3) is 0 Å². The van der Waals surface area contributed by atoms with Gasteiger partial charge in [-0.2, -0.15) is 0 Å². The van der Waals surface area contributed by atoms with Crippen molar-refractivity contribution in [3.8, 4) is 72.1 Å². The Morgan fingerprint density at radius 2 is 0.444 bits per heavy atom. The second-order valence-corrected chi connectivity index (χ2v) is 9.48. The van der Waals surface area contributed by atoms with E-state index in [0.717, 1.165) is 38.5 Å². The van der Waals surface area contributed by atoms with Crippen LogP contribution in [-0.2, 0) is 0 Å². The number of rotatable bonds is 21. The molecule has 36 heavy (non-hydrogen) atoms. The van der Waals surface area contributed by atoms with Gasteiger partial charge in [-0.15, -0.1) is 24.7 Å². The van der Waals surface area contributed by atoms with Gasteiger partial charge in [0, 0.05) is 38.5 Å². The summed E-state index contributed by atoms with van der Waals surface area (Å²) in [6.45, 7) is 0. The molecule has 0 atom stereocenters. The van der Waals surface area contributed by atoms with Gasteiger partial charge in [0.1, 0.15) is 0 Å². The second kappa shape index (κ2) is 32.4. The predicted molar refractivity (Wildman–Crippen MR) is 160 cm³/mol. The molecule has 0 aliphatic carbocycles. The van der Waals surface area contributed by atoms with E-state index in [9.17, 15) is 0 Å². The molecule has 0 nitrogen and oxygen atoms in total. The van der Waals surface area contributed by atoms with Crippen LogP contribution >= 0.6 is 0 Å². The summed E-state index contributed by atoms with van der Waals surface area (Å²) in [4.78, 5) is 0. The van der Waals surface area contributed by atoms with Crippen LogP contribution in [0.1, 0.15) is 154 Å². The molecular weight excluding hydrogens is 432 g/mol. The van der Waals surface area contributed by atoms with Gasteiger partial charge in [0.05, 0.1) is 0 Å². The summed E-state index contributed by atoms with van der Waals surface area (Å²) in [6, 6.07) is 0. The number of unbranched alkanes of at least 4 members (excludes halogenated alkanes) is 21. The monoisotopic (exact) mass is 482 g/mol. The van der Waals surface area contributed by atoms with Gasteiger partial charge in [0.15, 0.2) is 0 Å². The SMILES string of the molecule is C#CCCCCCCCCC#CC#CCCCCCCCCC#CC#CCCCCCCCCC#C. The molecule has 0 saturated carbocycles. The first kappa shape index (κ1) is 33.4. The maximum Gasteiger partial charge on any atom is 0.00989 e. The summed E-state index contributed by atoms with van der Waals surface area (Å²) in [5.74, 6) is 30.2. The van der Waals surface area contributed by atoms with Crippen LogP contribution in [0.5, 0.6) is 0 Å². The molecule has 0 heteroatoms. The fourth-order valence-corrected chi connectivity index (χ4v) is 3.86. The first-order valence-corrected chi connectivity index (χ1v) is 14.7. The molecule has 0 bridgehead atoms. The van der Waals surface area contributed by atoms with E-state index in [4.69, 9.17) is 12.8 Å². The van der Waals surface area contributed by atoms with Crippen molar-refractivity contribution in [1.29, 1.82) is 0 Å². The molecule has 0 aliphatic rings. The fourth-order valence-electron chi connectivity index (χ4n) is 3.86. The molecule has 0 amide bonds. The molecule has 0 aromatic heterocycles. The summed E-state index contributed by atoms with van der Waals surface area (Å²) in [5.41, 5.74) is 0. The molecular formula is C36H50. The van der Waals surface area contributed by atoms with Crippen LogP contribution in [0, 0.1) is 72.1 Å². The van der Waals surface area contributed by atoms with Crippen LogP contribution in [0.25, 0.3) is 0 Å². The highest BCUT2D eigenvalue weighted by Crippen LogP contribution is 2.09. The zero-order valence-electron chi connectivity index (χ0n) is 23.1. The lowest BCUT2D eigenvalue weighted by Crippen LogP contribution is -1.80. The Labute approximate surface area is 226 Å². The predicted octanol–water partition coefficient (Wildman–Crippen LogP) is 9.63. The summed E-state index contributed by atoms with van der Waals surface area (Å²) >= 11 is 0. The van der Waals surface area contributed by atoms with Crippen LogP contribution in [0.2, 0.25) is 0 Å². The largest absolute Gasteiger partial charge is 0.120 e. The zero-order valence-corrected chi connectivity index (χ0v) is 23.1. The first-order chi connectivity index (χ1) is 17.9. The zero-order chi connectivity index (χ0) is 26.0. The van der Waals surface area contributed by atoms with Crippen molar-refractivity contribution < 1.29 is 0 Å². The lowest BCUT2D eigenvalue weighted by atomic mass is 10.1. The quantitative estimate of drug-likeness (QED) is 0.113. The third-order valence-electron chi connectivity index (χ3n) is 6.08. The molecule has 0 aromatic rings. The van der Waals surface area contributed by atoms with Gasteiger partial charge >= 0.3 is 0 Å². The minimum atomic E-state index is 0.924. The van der Waals surface area contributed by atoms with Crippen molar-refractivity contribution in [1.82, 2.24) is 0 Å². The van der Waals surface area contributed by atoms with E-state index in [1.54, 1.807) is 0 Å². The summed E-state index contributed by atoms with van der Waals surface area (Å²) in [5, 5.41) is 0. The standard InChI is InChI=1S/C36H50/c1-3-5-7-9-11-13-15-17-19-21-23-25-27-29-31-33-35-36-34-32-30-28-26-24-22-20-18-16-14-12-10-8-6-4-2/h1-2H,5-20,29-36H2. The lowest BCUT2D eigenvalue weighted by Gasteiger charge is -1.97. The number of hydrogen-bond donors (Lipinski definition) is 0. The molecule has 0 aliphatic heterocycles. The van der Waals surface area contributed by atoms with Crippen LogP contribution in [0.4, 0.5) is 0 Å². The third kappa shape index (κ3) is 31.4. The smallest absolute Gasteiger partial charge is 0.00989 e.